The van der Waals surface area contributed by atoms with Crippen LogP contribution in [0.1, 0.15) is 33.6 Å². The lowest BCUT2D eigenvalue weighted by Crippen LogP contribution is -2.45. The van der Waals surface area contributed by atoms with Gasteiger partial charge >= 0.3 is 11.9 Å². The summed E-state index contributed by atoms with van der Waals surface area (Å²) in [4.78, 5) is 30.8. The second-order valence-corrected chi connectivity index (χ2v) is 6.43. The number of hydrogen-bond acceptors (Lipinski definition) is 6. The molecule has 0 amide bonds. The number of nitrogens with two attached hydrogens (primary N) is 1. The molecule has 0 radical (unpaired) electrons. The molecule has 0 aliphatic heterocycles. The highest BCUT2D eigenvalue weighted by atomic mass is 32.1. The van der Waals surface area contributed by atoms with Crippen molar-refractivity contribution in [1.82, 2.24) is 0 Å². The first-order valence-electron chi connectivity index (χ1n) is 5.53. The van der Waals surface area contributed by atoms with E-state index in [2.05, 4.69) is 25.3 Å². The molecule has 0 aliphatic rings. The van der Waals surface area contributed by atoms with E-state index in [1.54, 1.807) is 20.8 Å². The molecule has 0 aliphatic carbocycles. The molecular weight excluding hydrogens is 290 g/mol. The lowest BCUT2D eigenvalue weighted by molar-refractivity contribution is -0.139. The van der Waals surface area contributed by atoms with Gasteiger partial charge in [0.05, 0.1) is 11.7 Å². The van der Waals surface area contributed by atoms with Gasteiger partial charge in [-0.3, -0.25) is 14.4 Å². The highest BCUT2D eigenvalue weighted by molar-refractivity contribution is 7.82. The van der Waals surface area contributed by atoms with E-state index in [1.807, 2.05) is 0 Å². The molecule has 0 fully saturated rings. The third-order valence-corrected chi connectivity index (χ3v) is 2.64. The molecule has 6 nitrogen and oxygen atoms in total. The number of thiol groups is 2. The summed E-state index contributed by atoms with van der Waals surface area (Å²) in [5.41, 5.74) is 5.22. The number of hydrogen-bond donors (Lipinski definition) is 5. The molecule has 0 heterocycles. The van der Waals surface area contributed by atoms with Crippen molar-refractivity contribution in [3.8, 4) is 0 Å². The number of aliphatic carboxylic acids is 2. The summed E-state index contributed by atoms with van der Waals surface area (Å²) >= 11 is 7.84. The molecule has 0 saturated carbocycles. The minimum absolute atomic E-state index is 0.0833. The largest absolute Gasteiger partial charge is 0.481 e. The number of rotatable bonds is 6. The molecule has 8 heteroatoms. The van der Waals surface area contributed by atoms with E-state index in [1.165, 1.54) is 0 Å². The maximum Gasteiger partial charge on any atom is 0.321 e. The van der Waals surface area contributed by atoms with Crippen molar-refractivity contribution in [2.24, 2.45) is 5.73 Å². The summed E-state index contributed by atoms with van der Waals surface area (Å²) in [5.74, 6) is -2.08. The van der Waals surface area contributed by atoms with Crippen LogP contribution < -0.4 is 5.73 Å². The predicted molar refractivity (Wildman–Crippen MR) is 79.0 cm³/mol. The van der Waals surface area contributed by atoms with Crippen molar-refractivity contribution in [1.29, 1.82) is 0 Å². The van der Waals surface area contributed by atoms with Gasteiger partial charge in [-0.05, 0) is 20.8 Å². The quantitative estimate of drug-likeness (QED) is 0.464. The minimum Gasteiger partial charge on any atom is -0.481 e. The summed E-state index contributed by atoms with van der Waals surface area (Å²) in [7, 11) is 0. The molecule has 0 saturated heterocycles. The zero-order chi connectivity index (χ0) is 15.8. The molecule has 0 spiro atoms. The van der Waals surface area contributed by atoms with Crippen molar-refractivity contribution in [2.45, 2.75) is 49.7 Å². The van der Waals surface area contributed by atoms with Crippen molar-refractivity contribution in [3.63, 3.8) is 0 Å². The van der Waals surface area contributed by atoms with E-state index in [-0.39, 0.29) is 23.9 Å². The first kappa shape index (κ1) is 20.6. The topological polar surface area (TPSA) is 118 Å². The molecule has 4 N–H and O–H groups in total. The van der Waals surface area contributed by atoms with Gasteiger partial charge in [-0.1, -0.05) is 0 Å². The van der Waals surface area contributed by atoms with Crippen molar-refractivity contribution >= 4 is 43.0 Å². The van der Waals surface area contributed by atoms with Gasteiger partial charge in [-0.25, -0.2) is 0 Å². The van der Waals surface area contributed by atoms with Crippen LogP contribution in [0.4, 0.5) is 0 Å². The second kappa shape index (κ2) is 9.22. The molecule has 2 atom stereocenters. The van der Waals surface area contributed by atoms with Crippen LogP contribution >= 0.6 is 25.3 Å². The van der Waals surface area contributed by atoms with E-state index in [4.69, 9.17) is 15.9 Å². The maximum absolute atomic E-state index is 10.7. The number of carbonyl (C=O) groups excluding carboxylic acids is 1. The summed E-state index contributed by atoms with van der Waals surface area (Å²) in [6.07, 6.45) is -0.0102. The van der Waals surface area contributed by atoms with Crippen molar-refractivity contribution < 1.29 is 24.6 Å². The summed E-state index contributed by atoms with van der Waals surface area (Å²) in [6, 6.07) is -0.902. The number of carboxylic acid groups (broad SMARTS) is 2. The molecule has 0 aromatic rings. The zero-order valence-electron chi connectivity index (χ0n) is 11.2. The van der Waals surface area contributed by atoms with Crippen LogP contribution in [-0.2, 0) is 14.4 Å². The Bertz CT molecular complexity index is 326. The Morgan fingerprint density at radius 1 is 1.21 bits per heavy atom. The first-order chi connectivity index (χ1) is 8.39. The molecule has 112 valence electrons. The van der Waals surface area contributed by atoms with Gasteiger partial charge in [0.1, 0.15) is 11.8 Å². The fraction of sp³-hybridized carbons (Fsp3) is 0.727. The lowest BCUT2D eigenvalue weighted by atomic mass is 10.1. The summed E-state index contributed by atoms with van der Waals surface area (Å²) < 4.78 is -0.647. The standard InChI is InChI=1S/C6H10O3S.C5H11NO2S/c1-4(10)5(7)2-3-6(8)9;1-5(2,9)3(6)4(7)8/h4,10H,2-3H2,1H3,(H,8,9);3,9H,6H2,1-2H3,(H,7,8)/t;3-/m.0/s1. The number of carboxylic acids is 2. The van der Waals surface area contributed by atoms with Gasteiger partial charge in [0.2, 0.25) is 0 Å². The highest BCUT2D eigenvalue weighted by Crippen LogP contribution is 2.15. The average molecular weight is 311 g/mol. The Balaban J connectivity index is 0. The third-order valence-electron chi connectivity index (χ3n) is 2.08. The van der Waals surface area contributed by atoms with E-state index in [0.717, 1.165) is 0 Å². The Morgan fingerprint density at radius 2 is 1.63 bits per heavy atom. The lowest BCUT2D eigenvalue weighted by Gasteiger charge is -2.21. The van der Waals surface area contributed by atoms with Gasteiger partial charge in [-0.15, -0.1) is 0 Å². The normalized spacial score (nSPS) is 13.8. The molecule has 0 aromatic carbocycles. The number of ketones is 1. The molecule has 1 unspecified atom stereocenters. The smallest absolute Gasteiger partial charge is 0.321 e. The Morgan fingerprint density at radius 3 is 1.79 bits per heavy atom. The molecular formula is C11H21NO5S2. The predicted octanol–water partition coefficient (Wildman–Crippen LogP) is 0.845. The van der Waals surface area contributed by atoms with Gasteiger partial charge < -0.3 is 15.9 Å². The van der Waals surface area contributed by atoms with Crippen LogP contribution in [0.5, 0.6) is 0 Å². The van der Waals surface area contributed by atoms with Crippen LogP contribution in [0.15, 0.2) is 0 Å². The van der Waals surface area contributed by atoms with Crippen LogP contribution in [0.3, 0.4) is 0 Å². The average Bonchev–Trinajstić information content (AvgIpc) is 2.23. The molecule has 19 heavy (non-hydrogen) atoms. The zero-order valence-corrected chi connectivity index (χ0v) is 12.9. The van der Waals surface area contributed by atoms with Crippen LogP contribution in [0.25, 0.3) is 0 Å². The molecule has 0 bridgehead atoms. The van der Waals surface area contributed by atoms with Gasteiger partial charge in [0, 0.05) is 11.2 Å². The Hall–Kier alpha value is -0.730. The van der Waals surface area contributed by atoms with E-state index in [9.17, 15) is 14.4 Å². The van der Waals surface area contributed by atoms with E-state index in [0.29, 0.717) is 0 Å². The highest BCUT2D eigenvalue weighted by Gasteiger charge is 2.27. The monoisotopic (exact) mass is 311 g/mol. The van der Waals surface area contributed by atoms with E-state index < -0.39 is 22.7 Å². The van der Waals surface area contributed by atoms with E-state index >= 15 is 0 Å². The third kappa shape index (κ3) is 12.1. The minimum atomic E-state index is -1.02. The van der Waals surface area contributed by atoms with Gasteiger partial charge in [0.15, 0.2) is 0 Å². The van der Waals surface area contributed by atoms with Crippen molar-refractivity contribution in [3.05, 3.63) is 0 Å². The summed E-state index contributed by atoms with van der Waals surface area (Å²) in [6.45, 7) is 4.96. The van der Waals surface area contributed by atoms with Crippen LogP contribution in [0, 0.1) is 0 Å². The van der Waals surface area contributed by atoms with Gasteiger partial charge in [-0.2, -0.15) is 25.3 Å². The molecule has 0 rings (SSSR count). The first-order valence-corrected chi connectivity index (χ1v) is 6.49. The number of carbonyl (C=O) groups is 3. The Labute approximate surface area is 123 Å². The van der Waals surface area contributed by atoms with Crippen LogP contribution in [-0.4, -0.2) is 44.0 Å². The van der Waals surface area contributed by atoms with Crippen molar-refractivity contribution in [2.75, 3.05) is 0 Å². The van der Waals surface area contributed by atoms with Gasteiger partial charge in [0.25, 0.3) is 0 Å². The SMILES string of the molecule is CC(C)(S)[C@@H](N)C(=O)O.CC(S)C(=O)CCC(=O)O. The maximum atomic E-state index is 10.7. The second-order valence-electron chi connectivity index (χ2n) is 4.51. The molecule has 0 aromatic heterocycles. The Kier molecular flexibility index (Phi) is 9.99. The van der Waals surface area contributed by atoms with Crippen LogP contribution in [0.2, 0.25) is 0 Å². The fourth-order valence-corrected chi connectivity index (χ4v) is 0.981. The summed E-state index contributed by atoms with van der Waals surface area (Å²) in [5, 5.41) is 16.2. The number of Topliss-reactive ketones (excluding diaryl/α,β-unsaturated/α-hetero) is 1. The fourth-order valence-electron chi connectivity index (χ4n) is 0.741.